The average molecular weight is 291 g/mol. The summed E-state index contributed by atoms with van der Waals surface area (Å²) in [6.07, 6.45) is 4.68. The molecule has 0 saturated carbocycles. The van der Waals surface area contributed by atoms with Crippen molar-refractivity contribution in [3.8, 4) is 6.07 Å². The molecule has 19 heavy (non-hydrogen) atoms. The van der Waals surface area contributed by atoms with E-state index in [1.165, 1.54) is 5.56 Å². The van der Waals surface area contributed by atoms with Gasteiger partial charge in [-0.25, -0.2) is 0 Å². The van der Waals surface area contributed by atoms with Gasteiger partial charge in [0.15, 0.2) is 0 Å². The maximum atomic E-state index is 9.08. The van der Waals surface area contributed by atoms with Crippen molar-refractivity contribution < 1.29 is 0 Å². The Balaban J connectivity index is 2.39. The van der Waals surface area contributed by atoms with E-state index in [1.807, 2.05) is 6.07 Å². The zero-order valence-corrected chi connectivity index (χ0v) is 11.9. The Kier molecular flexibility index (Phi) is 3.35. The van der Waals surface area contributed by atoms with Crippen LogP contribution in [0.3, 0.4) is 0 Å². The van der Waals surface area contributed by atoms with Crippen LogP contribution in [0, 0.1) is 11.3 Å². The minimum Gasteiger partial charge on any atom is -0.251 e. The van der Waals surface area contributed by atoms with Gasteiger partial charge in [-0.05, 0) is 48.9 Å². The molecule has 0 saturated heterocycles. The van der Waals surface area contributed by atoms with Crippen molar-refractivity contribution in [3.05, 3.63) is 39.0 Å². The van der Waals surface area contributed by atoms with Crippen LogP contribution in [0.25, 0.3) is 10.9 Å². The lowest BCUT2D eigenvalue weighted by molar-refractivity contribution is 0.666. The number of rotatable bonds is 1. The average Bonchev–Trinajstić information content (AvgIpc) is 2.40. The molecule has 2 nitrogen and oxygen atoms in total. The van der Waals surface area contributed by atoms with Gasteiger partial charge in [0.1, 0.15) is 0 Å². The maximum absolute atomic E-state index is 9.08. The van der Waals surface area contributed by atoms with Crippen molar-refractivity contribution in [1.29, 1.82) is 5.26 Å². The van der Waals surface area contributed by atoms with E-state index in [2.05, 4.69) is 6.07 Å². The largest absolute Gasteiger partial charge is 0.251 e. The standard InChI is InChI=1S/C15H12Cl2N2/c16-9-7-12-10(5-6-18)11-3-1-2-4-14(11)19-15(12)13(17)8-9/h7-8H,1-5H2. The Labute approximate surface area is 122 Å². The van der Waals surface area contributed by atoms with E-state index in [1.54, 1.807) is 6.07 Å². The number of fused-ring (bicyclic) bond motifs is 2. The molecular weight excluding hydrogens is 279 g/mol. The highest BCUT2D eigenvalue weighted by atomic mass is 35.5. The summed E-state index contributed by atoms with van der Waals surface area (Å²) in [6.45, 7) is 0. The van der Waals surface area contributed by atoms with E-state index in [-0.39, 0.29) is 0 Å². The molecule has 0 radical (unpaired) electrons. The fourth-order valence-corrected chi connectivity index (χ4v) is 3.36. The zero-order chi connectivity index (χ0) is 13.4. The molecule has 0 aliphatic heterocycles. The Hall–Kier alpha value is -1.30. The highest BCUT2D eigenvalue weighted by molar-refractivity contribution is 6.38. The first-order valence-electron chi connectivity index (χ1n) is 6.37. The first-order chi connectivity index (χ1) is 9.20. The van der Waals surface area contributed by atoms with E-state index in [4.69, 9.17) is 33.4 Å². The topological polar surface area (TPSA) is 36.7 Å². The molecule has 1 aliphatic carbocycles. The molecule has 1 aliphatic rings. The Morgan fingerprint density at radius 3 is 2.79 bits per heavy atom. The zero-order valence-electron chi connectivity index (χ0n) is 10.3. The Morgan fingerprint density at radius 1 is 1.21 bits per heavy atom. The minimum atomic E-state index is 0.387. The second-order valence-corrected chi connectivity index (χ2v) is 5.69. The van der Waals surface area contributed by atoms with Gasteiger partial charge in [0.05, 0.1) is 23.0 Å². The van der Waals surface area contributed by atoms with E-state index >= 15 is 0 Å². The van der Waals surface area contributed by atoms with Gasteiger partial charge in [0, 0.05) is 16.1 Å². The second-order valence-electron chi connectivity index (χ2n) is 4.84. The van der Waals surface area contributed by atoms with Gasteiger partial charge in [-0.2, -0.15) is 5.26 Å². The lowest BCUT2D eigenvalue weighted by atomic mass is 9.89. The number of aromatic nitrogens is 1. The van der Waals surface area contributed by atoms with Gasteiger partial charge in [-0.15, -0.1) is 0 Å². The smallest absolute Gasteiger partial charge is 0.0895 e. The number of hydrogen-bond acceptors (Lipinski definition) is 2. The first-order valence-corrected chi connectivity index (χ1v) is 7.12. The Bertz CT molecular complexity index is 702. The molecule has 1 aromatic carbocycles. The molecule has 4 heteroatoms. The number of hydrogen-bond donors (Lipinski definition) is 0. The summed E-state index contributed by atoms with van der Waals surface area (Å²) in [5.74, 6) is 0. The van der Waals surface area contributed by atoms with Crippen molar-refractivity contribution in [1.82, 2.24) is 4.98 Å². The van der Waals surface area contributed by atoms with Gasteiger partial charge in [0.2, 0.25) is 0 Å². The molecule has 96 valence electrons. The van der Waals surface area contributed by atoms with Crippen LogP contribution in [0.1, 0.15) is 29.7 Å². The van der Waals surface area contributed by atoms with Crippen LogP contribution in [0.4, 0.5) is 0 Å². The summed E-state index contributed by atoms with van der Waals surface area (Å²) in [5, 5.41) is 11.2. The predicted molar refractivity (Wildman–Crippen MR) is 77.7 cm³/mol. The number of benzene rings is 1. The summed E-state index contributed by atoms with van der Waals surface area (Å²) < 4.78 is 0. The molecular formula is C15H12Cl2N2. The van der Waals surface area contributed by atoms with Crippen LogP contribution in [0.2, 0.25) is 10.0 Å². The SMILES string of the molecule is N#CCc1c2c(nc3c(Cl)cc(Cl)cc13)CCCC2. The molecule has 1 heterocycles. The summed E-state index contributed by atoms with van der Waals surface area (Å²) in [6, 6.07) is 5.84. The maximum Gasteiger partial charge on any atom is 0.0895 e. The summed E-state index contributed by atoms with van der Waals surface area (Å²) in [5.41, 5.74) is 4.18. The predicted octanol–water partition coefficient (Wildman–Crippen LogP) is 4.49. The monoisotopic (exact) mass is 290 g/mol. The van der Waals surface area contributed by atoms with E-state index in [9.17, 15) is 0 Å². The van der Waals surface area contributed by atoms with Crippen LogP contribution in [0.5, 0.6) is 0 Å². The molecule has 0 atom stereocenters. The fourth-order valence-electron chi connectivity index (χ4n) is 2.83. The summed E-state index contributed by atoms with van der Waals surface area (Å²) >= 11 is 12.3. The highest BCUT2D eigenvalue weighted by Crippen LogP contribution is 2.34. The summed E-state index contributed by atoms with van der Waals surface area (Å²) in [7, 11) is 0. The quantitative estimate of drug-likeness (QED) is 0.776. The van der Waals surface area contributed by atoms with Crippen molar-refractivity contribution in [2.45, 2.75) is 32.1 Å². The molecule has 0 amide bonds. The number of pyridine rings is 1. The lowest BCUT2D eigenvalue weighted by Crippen LogP contribution is -2.10. The van der Waals surface area contributed by atoms with E-state index in [0.717, 1.165) is 47.8 Å². The molecule has 3 rings (SSSR count). The first kappa shape index (κ1) is 12.7. The van der Waals surface area contributed by atoms with Crippen molar-refractivity contribution in [3.63, 3.8) is 0 Å². The van der Waals surface area contributed by atoms with Crippen LogP contribution < -0.4 is 0 Å². The third-order valence-corrected chi connectivity index (χ3v) is 4.17. The van der Waals surface area contributed by atoms with Crippen molar-refractivity contribution >= 4 is 34.1 Å². The second kappa shape index (κ2) is 5.00. The molecule has 0 fully saturated rings. The molecule has 1 aromatic heterocycles. The van der Waals surface area contributed by atoms with Crippen LogP contribution >= 0.6 is 23.2 Å². The molecule has 0 spiro atoms. The van der Waals surface area contributed by atoms with Gasteiger partial charge in [0.25, 0.3) is 0 Å². The Morgan fingerprint density at radius 2 is 2.00 bits per heavy atom. The molecule has 0 bridgehead atoms. The minimum absolute atomic E-state index is 0.387. The number of aryl methyl sites for hydroxylation is 1. The van der Waals surface area contributed by atoms with Crippen LogP contribution in [-0.4, -0.2) is 4.98 Å². The van der Waals surface area contributed by atoms with Crippen LogP contribution in [-0.2, 0) is 19.3 Å². The number of nitrogens with zero attached hydrogens (tertiary/aromatic N) is 2. The van der Waals surface area contributed by atoms with E-state index in [0.29, 0.717) is 16.5 Å². The third kappa shape index (κ3) is 2.18. The van der Waals surface area contributed by atoms with Gasteiger partial charge in [-0.3, -0.25) is 4.98 Å². The number of halogens is 2. The van der Waals surface area contributed by atoms with Gasteiger partial charge < -0.3 is 0 Å². The molecule has 0 unspecified atom stereocenters. The third-order valence-electron chi connectivity index (χ3n) is 3.66. The van der Waals surface area contributed by atoms with E-state index < -0.39 is 0 Å². The molecule has 0 N–H and O–H groups in total. The lowest BCUT2D eigenvalue weighted by Gasteiger charge is -2.20. The normalized spacial score (nSPS) is 14.2. The van der Waals surface area contributed by atoms with Crippen molar-refractivity contribution in [2.75, 3.05) is 0 Å². The van der Waals surface area contributed by atoms with Gasteiger partial charge >= 0.3 is 0 Å². The van der Waals surface area contributed by atoms with Crippen molar-refractivity contribution in [2.24, 2.45) is 0 Å². The molecule has 2 aromatic rings. The highest BCUT2D eigenvalue weighted by Gasteiger charge is 2.19. The summed E-state index contributed by atoms with van der Waals surface area (Å²) in [4.78, 5) is 4.70. The van der Waals surface area contributed by atoms with Crippen LogP contribution in [0.15, 0.2) is 12.1 Å². The van der Waals surface area contributed by atoms with Gasteiger partial charge in [-0.1, -0.05) is 23.2 Å². The number of nitriles is 1. The fraction of sp³-hybridized carbons (Fsp3) is 0.333.